The van der Waals surface area contributed by atoms with Crippen molar-refractivity contribution in [1.82, 2.24) is 0 Å². The molecule has 1 aromatic rings. The third-order valence-corrected chi connectivity index (χ3v) is 7.48. The molecule has 0 radical (unpaired) electrons. The number of rotatable bonds is 3. The summed E-state index contributed by atoms with van der Waals surface area (Å²) in [6.45, 7) is 0. The number of benzene rings is 1. The first kappa shape index (κ1) is 16.9. The summed E-state index contributed by atoms with van der Waals surface area (Å²) in [5.41, 5.74) is 0.287. The van der Waals surface area contributed by atoms with Gasteiger partial charge in [0.15, 0.2) is 0 Å². The number of carbonyl (C=O) groups is 2. The minimum absolute atomic E-state index is 0.119. The number of methoxy groups -OCH3 is 1. The van der Waals surface area contributed by atoms with E-state index >= 15 is 0 Å². The summed E-state index contributed by atoms with van der Waals surface area (Å²) in [4.78, 5) is 23.4. The molecule has 1 amide bonds. The summed E-state index contributed by atoms with van der Waals surface area (Å²) in [6, 6.07) is 6.14. The molecule has 1 aliphatic rings. The molecule has 0 aliphatic carbocycles. The van der Waals surface area contributed by atoms with Gasteiger partial charge in [-0.1, -0.05) is 12.1 Å². The molecule has 0 aromatic heterocycles. The van der Waals surface area contributed by atoms with Gasteiger partial charge in [-0.2, -0.15) is 0 Å². The van der Waals surface area contributed by atoms with Gasteiger partial charge in [0.1, 0.15) is 8.72 Å². The average Bonchev–Trinajstić information content (AvgIpc) is 2.70. The Morgan fingerprint density at radius 2 is 1.82 bits per heavy atom. The highest BCUT2D eigenvalue weighted by molar-refractivity contribution is 9.15. The molecule has 1 aromatic carbocycles. The van der Waals surface area contributed by atoms with Crippen LogP contribution in [-0.2, 0) is 19.4 Å². The van der Waals surface area contributed by atoms with Crippen LogP contribution >= 0.6 is 31.9 Å². The molecule has 22 heavy (non-hydrogen) atoms. The minimum Gasteiger partial charge on any atom is -0.465 e. The predicted octanol–water partition coefficient (Wildman–Crippen LogP) is 2.68. The number of hydrogen-bond donors (Lipinski definition) is 1. The molecule has 0 bridgehead atoms. The second-order valence-electron chi connectivity index (χ2n) is 4.12. The lowest BCUT2D eigenvalue weighted by Crippen LogP contribution is -2.20. The minimum atomic E-state index is -3.89. The number of esters is 1. The Balaban J connectivity index is 2.33. The highest BCUT2D eigenvalue weighted by Gasteiger charge is 2.35. The van der Waals surface area contributed by atoms with Crippen LogP contribution in [0.1, 0.15) is 10.4 Å². The van der Waals surface area contributed by atoms with Crippen LogP contribution in [0.25, 0.3) is 0 Å². The molecule has 0 unspecified atom stereocenters. The van der Waals surface area contributed by atoms with E-state index in [0.29, 0.717) is 0 Å². The summed E-state index contributed by atoms with van der Waals surface area (Å²) in [7, 11) is -2.68. The molecule has 6 nitrogen and oxygen atoms in total. The molecule has 1 N–H and O–H groups in total. The van der Waals surface area contributed by atoms with Gasteiger partial charge in [0, 0.05) is 4.48 Å². The van der Waals surface area contributed by atoms with Gasteiger partial charge in [-0.3, -0.25) is 4.79 Å². The second kappa shape index (κ2) is 6.35. The zero-order chi connectivity index (χ0) is 16.5. The van der Waals surface area contributed by atoms with E-state index in [9.17, 15) is 18.0 Å². The summed E-state index contributed by atoms with van der Waals surface area (Å²) in [5, 5.41) is 2.41. The van der Waals surface area contributed by atoms with Crippen LogP contribution in [0, 0.1) is 0 Å². The van der Waals surface area contributed by atoms with Crippen LogP contribution in [0.5, 0.6) is 0 Å². The molecule has 0 spiro atoms. The van der Waals surface area contributed by atoms with Crippen molar-refractivity contribution in [3.8, 4) is 0 Å². The summed E-state index contributed by atoms with van der Waals surface area (Å²) in [5.74, 6) is -1.48. The quantitative estimate of drug-likeness (QED) is 0.715. The first-order chi connectivity index (χ1) is 10.3. The van der Waals surface area contributed by atoms with E-state index in [0.717, 1.165) is 0 Å². The average molecular weight is 451 g/mol. The van der Waals surface area contributed by atoms with Crippen LogP contribution in [-0.4, -0.2) is 27.4 Å². The summed E-state index contributed by atoms with van der Waals surface area (Å²) < 4.78 is 28.9. The maximum Gasteiger partial charge on any atom is 0.339 e. The zero-order valence-corrected chi connectivity index (χ0v) is 15.1. The third-order valence-electron chi connectivity index (χ3n) is 2.78. The Labute approximate surface area is 143 Å². The number of para-hydroxylation sites is 1. The fourth-order valence-electron chi connectivity index (χ4n) is 1.73. The number of anilines is 1. The first-order valence-electron chi connectivity index (χ1n) is 5.79. The molecule has 0 saturated carbocycles. The molecular formula is C13H9Br2NO5S. The Morgan fingerprint density at radius 1 is 1.18 bits per heavy atom. The van der Waals surface area contributed by atoms with Crippen LogP contribution in [0.4, 0.5) is 5.69 Å². The lowest BCUT2D eigenvalue weighted by Gasteiger charge is -2.10. The number of allylic oxidation sites excluding steroid dienone is 2. The monoisotopic (exact) mass is 449 g/mol. The van der Waals surface area contributed by atoms with E-state index in [1.807, 2.05) is 0 Å². The van der Waals surface area contributed by atoms with E-state index < -0.39 is 26.6 Å². The van der Waals surface area contributed by atoms with E-state index in [-0.39, 0.29) is 19.5 Å². The number of ether oxygens (including phenoxy) is 1. The Bertz CT molecular complexity index is 827. The number of halogens is 2. The molecule has 0 fully saturated rings. The van der Waals surface area contributed by atoms with Crippen molar-refractivity contribution < 1.29 is 22.7 Å². The van der Waals surface area contributed by atoms with Crippen molar-refractivity contribution in [2.24, 2.45) is 0 Å². The summed E-state index contributed by atoms with van der Waals surface area (Å²) >= 11 is 5.95. The number of nitrogens with one attached hydrogen (secondary N) is 1. The number of carbonyl (C=O) groups excluding carboxylic acids is 2. The fraction of sp³-hybridized carbons (Fsp3) is 0.0769. The van der Waals surface area contributed by atoms with Crippen molar-refractivity contribution in [1.29, 1.82) is 0 Å². The standard InChI is InChI=1S/C13H9Br2NO5S/c1-21-13(18)7-4-2-3-5-9(7)16-12(17)10-6-8(14)11(15)22(10,19)20/h2-6H,1H3,(H,16,17). The lowest BCUT2D eigenvalue weighted by molar-refractivity contribution is -0.112. The van der Waals surface area contributed by atoms with Crippen molar-refractivity contribution in [2.75, 3.05) is 12.4 Å². The molecule has 2 rings (SSSR count). The predicted molar refractivity (Wildman–Crippen MR) is 88.3 cm³/mol. The van der Waals surface area contributed by atoms with Gasteiger partial charge >= 0.3 is 5.97 Å². The molecule has 0 saturated heterocycles. The largest absolute Gasteiger partial charge is 0.465 e. The summed E-state index contributed by atoms with van der Waals surface area (Å²) in [6.07, 6.45) is 1.19. The zero-order valence-electron chi connectivity index (χ0n) is 11.1. The number of sulfone groups is 1. The van der Waals surface area contributed by atoms with E-state index in [4.69, 9.17) is 0 Å². The van der Waals surface area contributed by atoms with Crippen molar-refractivity contribution in [2.45, 2.75) is 0 Å². The van der Waals surface area contributed by atoms with Gasteiger partial charge < -0.3 is 10.1 Å². The topological polar surface area (TPSA) is 89.5 Å². The van der Waals surface area contributed by atoms with E-state index in [1.165, 1.54) is 25.3 Å². The van der Waals surface area contributed by atoms with Gasteiger partial charge in [0.05, 0.1) is 18.4 Å². The van der Waals surface area contributed by atoms with Gasteiger partial charge in [-0.25, -0.2) is 13.2 Å². The van der Waals surface area contributed by atoms with Gasteiger partial charge in [-0.15, -0.1) is 0 Å². The highest BCUT2D eigenvalue weighted by Crippen LogP contribution is 2.37. The maximum absolute atomic E-state index is 12.2. The Morgan fingerprint density at radius 3 is 2.36 bits per heavy atom. The van der Waals surface area contributed by atoms with Crippen LogP contribution in [0.3, 0.4) is 0 Å². The smallest absolute Gasteiger partial charge is 0.339 e. The van der Waals surface area contributed by atoms with Crippen molar-refractivity contribution >= 4 is 59.3 Å². The maximum atomic E-state index is 12.2. The first-order valence-corrected chi connectivity index (χ1v) is 8.86. The third kappa shape index (κ3) is 3.01. The molecule has 0 atom stereocenters. The SMILES string of the molecule is COC(=O)c1ccccc1NC(=O)C1=CC(Br)=C(Br)S1(=O)=O. The van der Waals surface area contributed by atoms with Crippen LogP contribution in [0.15, 0.2) is 43.5 Å². The highest BCUT2D eigenvalue weighted by atomic mass is 79.9. The second-order valence-corrected chi connectivity index (χ2v) is 8.15. The van der Waals surface area contributed by atoms with Gasteiger partial charge in [0.25, 0.3) is 5.91 Å². The molecule has 1 aliphatic heterocycles. The number of amides is 1. The Kier molecular flexibility index (Phi) is 4.88. The molecule has 116 valence electrons. The normalized spacial score (nSPS) is 16.2. The van der Waals surface area contributed by atoms with E-state index in [2.05, 4.69) is 41.9 Å². The van der Waals surface area contributed by atoms with Crippen molar-refractivity contribution in [3.63, 3.8) is 0 Å². The number of hydrogen-bond acceptors (Lipinski definition) is 5. The molecule has 1 heterocycles. The van der Waals surface area contributed by atoms with Gasteiger partial charge in [-0.05, 0) is 50.1 Å². The molecular weight excluding hydrogens is 442 g/mol. The van der Waals surface area contributed by atoms with Gasteiger partial charge in [0.2, 0.25) is 9.84 Å². The Hall–Kier alpha value is -1.45. The lowest BCUT2D eigenvalue weighted by atomic mass is 10.2. The molecule has 9 heteroatoms. The van der Waals surface area contributed by atoms with Crippen LogP contribution < -0.4 is 5.32 Å². The van der Waals surface area contributed by atoms with Crippen LogP contribution in [0.2, 0.25) is 0 Å². The van der Waals surface area contributed by atoms with E-state index in [1.54, 1.807) is 12.1 Å². The fourth-order valence-corrected chi connectivity index (χ4v) is 4.46. The van der Waals surface area contributed by atoms with Crippen molar-refractivity contribution in [3.05, 3.63) is 49.1 Å².